The average molecular weight is 439 g/mol. The summed E-state index contributed by atoms with van der Waals surface area (Å²) in [7, 11) is 1.49. The number of amides is 1. The number of anilines is 1. The minimum atomic E-state index is -0.169. The number of hydrogen-bond donors (Lipinski definition) is 2. The average Bonchev–Trinajstić information content (AvgIpc) is 2.83. The highest BCUT2D eigenvalue weighted by Gasteiger charge is 2.29. The third-order valence-corrected chi connectivity index (χ3v) is 5.19. The Bertz CT molecular complexity index is 859. The Hall–Kier alpha value is -1.79. The Morgan fingerprint density at radius 3 is 2.61 bits per heavy atom. The van der Waals surface area contributed by atoms with Crippen molar-refractivity contribution in [3.05, 3.63) is 49.9 Å². The van der Waals surface area contributed by atoms with Gasteiger partial charge in [0.15, 0.2) is 11.5 Å². The fourth-order valence-corrected chi connectivity index (χ4v) is 3.83. The van der Waals surface area contributed by atoms with Crippen LogP contribution in [0.15, 0.2) is 33.2 Å². The number of methoxy groups -OCH3 is 1. The predicted octanol–water partition coefficient (Wildman–Crippen LogP) is 4.73. The number of aromatic hydroxyl groups is 1. The Labute approximate surface area is 150 Å². The molecule has 0 spiro atoms. The SMILES string of the molecule is COc1ccc(C=C2C(=O)Nc3c(Br)cc(Br)c(C)c32)cc1O. The molecule has 1 amide bonds. The van der Waals surface area contributed by atoms with Crippen molar-refractivity contribution in [3.63, 3.8) is 0 Å². The van der Waals surface area contributed by atoms with Gasteiger partial charge in [-0.2, -0.15) is 0 Å². The summed E-state index contributed by atoms with van der Waals surface area (Å²) in [5.41, 5.74) is 3.87. The first-order valence-electron chi connectivity index (χ1n) is 6.81. The summed E-state index contributed by atoms with van der Waals surface area (Å²) in [5, 5.41) is 12.8. The molecule has 0 atom stereocenters. The summed E-state index contributed by atoms with van der Waals surface area (Å²) in [6, 6.07) is 6.94. The van der Waals surface area contributed by atoms with E-state index in [2.05, 4.69) is 37.2 Å². The van der Waals surface area contributed by atoms with Gasteiger partial charge in [-0.25, -0.2) is 0 Å². The molecule has 23 heavy (non-hydrogen) atoms. The van der Waals surface area contributed by atoms with Crippen LogP contribution >= 0.6 is 31.9 Å². The second-order valence-corrected chi connectivity index (χ2v) is 6.87. The van der Waals surface area contributed by atoms with Crippen molar-refractivity contribution in [2.75, 3.05) is 12.4 Å². The zero-order chi connectivity index (χ0) is 16.7. The van der Waals surface area contributed by atoms with Crippen molar-refractivity contribution >= 4 is 55.1 Å². The monoisotopic (exact) mass is 437 g/mol. The Morgan fingerprint density at radius 2 is 1.96 bits per heavy atom. The summed E-state index contributed by atoms with van der Waals surface area (Å²) in [4.78, 5) is 12.4. The molecule has 0 aromatic heterocycles. The highest BCUT2D eigenvalue weighted by Crippen LogP contribution is 2.43. The standard InChI is InChI=1S/C17H13Br2NO3/c1-8-11(18)7-12(19)16-15(8)10(17(22)20-16)5-9-3-4-14(23-2)13(21)6-9/h3-7,21H,1-2H3,(H,20,22). The number of phenols is 1. The van der Waals surface area contributed by atoms with Crippen molar-refractivity contribution in [1.82, 2.24) is 0 Å². The highest BCUT2D eigenvalue weighted by atomic mass is 79.9. The first kappa shape index (κ1) is 16.1. The number of carbonyl (C=O) groups is 1. The van der Waals surface area contributed by atoms with Crippen LogP contribution in [0.1, 0.15) is 16.7 Å². The van der Waals surface area contributed by atoms with Crippen LogP contribution < -0.4 is 10.1 Å². The molecule has 2 aromatic carbocycles. The van der Waals surface area contributed by atoms with E-state index in [1.54, 1.807) is 24.3 Å². The molecule has 0 fully saturated rings. The molecule has 0 aliphatic carbocycles. The van der Waals surface area contributed by atoms with E-state index in [1.807, 2.05) is 13.0 Å². The fourth-order valence-electron chi connectivity index (χ4n) is 2.57. The lowest BCUT2D eigenvalue weighted by Gasteiger charge is -2.09. The van der Waals surface area contributed by atoms with E-state index in [9.17, 15) is 9.90 Å². The maximum Gasteiger partial charge on any atom is 0.256 e. The number of halogens is 2. The molecule has 2 N–H and O–H groups in total. The highest BCUT2D eigenvalue weighted by molar-refractivity contribution is 9.11. The van der Waals surface area contributed by atoms with Gasteiger partial charge < -0.3 is 15.2 Å². The second-order valence-electron chi connectivity index (χ2n) is 5.16. The summed E-state index contributed by atoms with van der Waals surface area (Å²) in [6.45, 7) is 1.95. The van der Waals surface area contributed by atoms with Crippen LogP contribution in [0.2, 0.25) is 0 Å². The lowest BCUT2D eigenvalue weighted by molar-refractivity contribution is -0.110. The number of rotatable bonds is 2. The summed E-state index contributed by atoms with van der Waals surface area (Å²) < 4.78 is 6.77. The van der Waals surface area contributed by atoms with E-state index in [-0.39, 0.29) is 11.7 Å². The maximum absolute atomic E-state index is 12.4. The van der Waals surface area contributed by atoms with E-state index in [0.717, 1.165) is 31.3 Å². The number of carbonyl (C=O) groups excluding carboxylic acids is 1. The van der Waals surface area contributed by atoms with Crippen LogP contribution in [-0.4, -0.2) is 18.1 Å². The predicted molar refractivity (Wildman–Crippen MR) is 97.7 cm³/mol. The Kier molecular flexibility index (Phi) is 4.21. The third kappa shape index (κ3) is 2.77. The smallest absolute Gasteiger partial charge is 0.256 e. The van der Waals surface area contributed by atoms with Gasteiger partial charge in [0.1, 0.15) is 0 Å². The van der Waals surface area contributed by atoms with Crippen LogP contribution in [0.3, 0.4) is 0 Å². The van der Waals surface area contributed by atoms with Crippen LogP contribution in [-0.2, 0) is 4.79 Å². The number of hydrogen-bond acceptors (Lipinski definition) is 3. The van der Waals surface area contributed by atoms with Gasteiger partial charge in [-0.1, -0.05) is 22.0 Å². The minimum Gasteiger partial charge on any atom is -0.504 e. The van der Waals surface area contributed by atoms with Gasteiger partial charge in [-0.15, -0.1) is 0 Å². The Morgan fingerprint density at radius 1 is 1.22 bits per heavy atom. The zero-order valence-electron chi connectivity index (χ0n) is 12.4. The van der Waals surface area contributed by atoms with Crippen LogP contribution in [0.4, 0.5) is 5.69 Å². The molecule has 118 valence electrons. The Balaban J connectivity index is 2.16. The second kappa shape index (κ2) is 6.02. The van der Waals surface area contributed by atoms with Gasteiger partial charge in [0.05, 0.1) is 12.8 Å². The molecule has 1 aliphatic rings. The number of fused-ring (bicyclic) bond motifs is 1. The topological polar surface area (TPSA) is 58.6 Å². The molecule has 0 saturated heterocycles. The number of phenolic OH excluding ortho intramolecular Hbond substituents is 1. The van der Waals surface area contributed by atoms with Gasteiger partial charge in [0.25, 0.3) is 5.91 Å². The summed E-state index contributed by atoms with van der Waals surface area (Å²) in [6.07, 6.45) is 1.76. The van der Waals surface area contributed by atoms with E-state index in [4.69, 9.17) is 4.74 Å². The van der Waals surface area contributed by atoms with E-state index < -0.39 is 0 Å². The maximum atomic E-state index is 12.4. The number of ether oxygens (including phenoxy) is 1. The molecular weight excluding hydrogens is 426 g/mol. The lowest BCUT2D eigenvalue weighted by atomic mass is 9.99. The molecule has 6 heteroatoms. The first-order valence-corrected chi connectivity index (χ1v) is 8.40. The lowest BCUT2D eigenvalue weighted by Crippen LogP contribution is -2.03. The molecule has 4 nitrogen and oxygen atoms in total. The first-order chi connectivity index (χ1) is 10.9. The molecule has 1 heterocycles. The fraction of sp³-hybridized carbons (Fsp3) is 0.118. The van der Waals surface area contributed by atoms with E-state index in [1.165, 1.54) is 7.11 Å². The van der Waals surface area contributed by atoms with E-state index >= 15 is 0 Å². The van der Waals surface area contributed by atoms with Crippen LogP contribution in [0.5, 0.6) is 11.5 Å². The molecule has 2 aromatic rings. The molecule has 1 aliphatic heterocycles. The molecule has 0 unspecified atom stereocenters. The van der Waals surface area contributed by atoms with Gasteiger partial charge in [-0.05, 0) is 58.3 Å². The molecule has 0 radical (unpaired) electrons. The van der Waals surface area contributed by atoms with Crippen LogP contribution in [0.25, 0.3) is 11.6 Å². The molecule has 0 bridgehead atoms. The van der Waals surface area contributed by atoms with Crippen molar-refractivity contribution in [1.29, 1.82) is 0 Å². The van der Waals surface area contributed by atoms with Gasteiger partial charge >= 0.3 is 0 Å². The number of benzene rings is 2. The zero-order valence-corrected chi connectivity index (χ0v) is 15.6. The molecule has 0 saturated carbocycles. The van der Waals surface area contributed by atoms with Crippen molar-refractivity contribution in [3.8, 4) is 11.5 Å². The molecular formula is C17H13Br2NO3. The summed E-state index contributed by atoms with van der Waals surface area (Å²) in [5.74, 6) is 0.259. The van der Waals surface area contributed by atoms with Crippen molar-refractivity contribution in [2.45, 2.75) is 6.92 Å². The number of nitrogens with one attached hydrogen (secondary N) is 1. The van der Waals surface area contributed by atoms with Gasteiger partial charge in [0, 0.05) is 20.1 Å². The van der Waals surface area contributed by atoms with Gasteiger partial charge in [-0.3, -0.25) is 4.79 Å². The van der Waals surface area contributed by atoms with Crippen molar-refractivity contribution < 1.29 is 14.6 Å². The van der Waals surface area contributed by atoms with Gasteiger partial charge in [0.2, 0.25) is 0 Å². The van der Waals surface area contributed by atoms with E-state index in [0.29, 0.717) is 11.3 Å². The van der Waals surface area contributed by atoms with Crippen molar-refractivity contribution in [2.24, 2.45) is 0 Å². The normalized spacial score (nSPS) is 14.8. The quantitative estimate of drug-likeness (QED) is 0.666. The third-order valence-electron chi connectivity index (χ3n) is 3.74. The molecule has 3 rings (SSSR count). The largest absolute Gasteiger partial charge is 0.504 e. The van der Waals surface area contributed by atoms with Crippen LogP contribution in [0, 0.1) is 6.92 Å². The summed E-state index contributed by atoms with van der Waals surface area (Å²) >= 11 is 6.98. The minimum absolute atomic E-state index is 0.0348.